The van der Waals surface area contributed by atoms with Crippen molar-refractivity contribution in [3.8, 4) is 0 Å². The maximum absolute atomic E-state index is 12.8. The number of hydrogen-bond acceptors (Lipinski definition) is 2. The summed E-state index contributed by atoms with van der Waals surface area (Å²) >= 11 is 0. The molecule has 0 bridgehead atoms. The molecule has 0 fully saturated rings. The molecule has 0 amide bonds. The number of hydrogen-bond donors (Lipinski definition) is 0. The highest BCUT2D eigenvalue weighted by atomic mass is 19.1. The Balaban J connectivity index is 2.76. The van der Waals surface area contributed by atoms with Crippen molar-refractivity contribution >= 4 is 11.9 Å². The van der Waals surface area contributed by atoms with E-state index in [0.29, 0.717) is 0 Å². The lowest BCUT2D eigenvalue weighted by molar-refractivity contribution is 0.627. The van der Waals surface area contributed by atoms with Crippen LogP contribution in [0, 0.1) is 5.82 Å². The third kappa shape index (κ3) is 2.86. The predicted octanol–water partition coefficient (Wildman–Crippen LogP) is 2.66. The highest BCUT2D eigenvalue weighted by Crippen LogP contribution is 2.13. The van der Waals surface area contributed by atoms with E-state index in [1.807, 2.05) is 13.0 Å². The van der Waals surface area contributed by atoms with Gasteiger partial charge in [-0.2, -0.15) is 5.10 Å². The van der Waals surface area contributed by atoms with Gasteiger partial charge in [0.05, 0.1) is 5.69 Å². The van der Waals surface area contributed by atoms with Crippen LogP contribution in [0.25, 0.3) is 0 Å². The molecular formula is C10H13FN2. The number of nitrogens with zero attached hydrogens (tertiary/aromatic N) is 2. The maximum atomic E-state index is 12.8. The largest absolute Gasteiger partial charge is 0.269 e. The minimum atomic E-state index is -0.240. The SMILES string of the molecule is CC/C=N\N(C)c1cccc(F)c1. The Hall–Kier alpha value is -1.38. The molecule has 2 nitrogen and oxygen atoms in total. The van der Waals surface area contributed by atoms with Crippen LogP contribution in [0.4, 0.5) is 10.1 Å². The fourth-order valence-electron chi connectivity index (χ4n) is 0.948. The summed E-state index contributed by atoms with van der Waals surface area (Å²) in [4.78, 5) is 0. The standard InChI is InChI=1S/C10H13FN2/c1-3-7-12-13(2)10-6-4-5-9(11)8-10/h4-8H,3H2,1-2H3/b12-7-. The Morgan fingerprint density at radius 1 is 1.54 bits per heavy atom. The zero-order valence-electron chi connectivity index (χ0n) is 7.87. The van der Waals surface area contributed by atoms with Crippen molar-refractivity contribution in [1.29, 1.82) is 0 Å². The van der Waals surface area contributed by atoms with E-state index in [-0.39, 0.29) is 5.82 Å². The first-order valence-corrected chi connectivity index (χ1v) is 4.25. The summed E-state index contributed by atoms with van der Waals surface area (Å²) < 4.78 is 12.8. The van der Waals surface area contributed by atoms with E-state index in [1.54, 1.807) is 24.3 Å². The Bertz CT molecular complexity index is 297. The van der Waals surface area contributed by atoms with Crippen LogP contribution in [0.5, 0.6) is 0 Å². The molecule has 0 radical (unpaired) electrons. The number of rotatable bonds is 3. The molecule has 0 aliphatic carbocycles. The molecule has 70 valence electrons. The molecule has 0 N–H and O–H groups in total. The third-order valence-electron chi connectivity index (χ3n) is 1.62. The minimum absolute atomic E-state index is 0.240. The van der Waals surface area contributed by atoms with Crippen LogP contribution in [0.15, 0.2) is 29.4 Å². The fraction of sp³-hybridized carbons (Fsp3) is 0.300. The van der Waals surface area contributed by atoms with E-state index in [9.17, 15) is 4.39 Å². The van der Waals surface area contributed by atoms with Gasteiger partial charge in [-0.15, -0.1) is 0 Å². The van der Waals surface area contributed by atoms with E-state index < -0.39 is 0 Å². The summed E-state index contributed by atoms with van der Waals surface area (Å²) in [5, 5.41) is 5.74. The molecule has 13 heavy (non-hydrogen) atoms. The average molecular weight is 180 g/mol. The second-order valence-corrected chi connectivity index (χ2v) is 2.71. The molecule has 0 aromatic heterocycles. The van der Waals surface area contributed by atoms with Gasteiger partial charge in [-0.05, 0) is 24.6 Å². The number of halogens is 1. The van der Waals surface area contributed by atoms with Gasteiger partial charge in [0.1, 0.15) is 5.82 Å². The Labute approximate surface area is 77.7 Å². The summed E-state index contributed by atoms with van der Waals surface area (Å²) in [6.45, 7) is 2.00. The zero-order chi connectivity index (χ0) is 9.68. The lowest BCUT2D eigenvalue weighted by Gasteiger charge is -2.11. The summed E-state index contributed by atoms with van der Waals surface area (Å²) in [5.74, 6) is -0.240. The van der Waals surface area contributed by atoms with Crippen LogP contribution in [-0.4, -0.2) is 13.3 Å². The number of anilines is 1. The van der Waals surface area contributed by atoms with Gasteiger partial charge >= 0.3 is 0 Å². The number of benzene rings is 1. The van der Waals surface area contributed by atoms with Crippen LogP contribution in [0.2, 0.25) is 0 Å². The van der Waals surface area contributed by atoms with E-state index in [0.717, 1.165) is 12.1 Å². The van der Waals surface area contributed by atoms with Crippen LogP contribution < -0.4 is 5.01 Å². The topological polar surface area (TPSA) is 15.6 Å². The minimum Gasteiger partial charge on any atom is -0.269 e. The van der Waals surface area contributed by atoms with Crippen molar-refractivity contribution in [2.24, 2.45) is 5.10 Å². The molecule has 3 heteroatoms. The molecule has 0 aliphatic heterocycles. The molecular weight excluding hydrogens is 167 g/mol. The van der Waals surface area contributed by atoms with Gasteiger partial charge in [-0.3, -0.25) is 5.01 Å². The van der Waals surface area contributed by atoms with Crippen molar-refractivity contribution in [2.75, 3.05) is 12.1 Å². The van der Waals surface area contributed by atoms with E-state index in [1.165, 1.54) is 12.1 Å². The van der Waals surface area contributed by atoms with Gasteiger partial charge in [0.15, 0.2) is 0 Å². The van der Waals surface area contributed by atoms with Crippen LogP contribution in [0.1, 0.15) is 13.3 Å². The van der Waals surface area contributed by atoms with Crippen molar-refractivity contribution in [1.82, 2.24) is 0 Å². The van der Waals surface area contributed by atoms with Gasteiger partial charge in [-0.1, -0.05) is 13.0 Å². The molecule has 0 spiro atoms. The summed E-state index contributed by atoms with van der Waals surface area (Å²) in [7, 11) is 1.79. The average Bonchev–Trinajstić information content (AvgIpc) is 2.14. The molecule has 1 aromatic carbocycles. The number of hydrazone groups is 1. The summed E-state index contributed by atoms with van der Waals surface area (Å²) in [5.41, 5.74) is 0.754. The van der Waals surface area contributed by atoms with Gasteiger partial charge in [0.2, 0.25) is 0 Å². The van der Waals surface area contributed by atoms with Crippen molar-refractivity contribution in [2.45, 2.75) is 13.3 Å². The fourth-order valence-corrected chi connectivity index (χ4v) is 0.948. The highest BCUT2D eigenvalue weighted by Gasteiger charge is 1.97. The molecule has 0 aliphatic rings. The van der Waals surface area contributed by atoms with Gasteiger partial charge < -0.3 is 0 Å². The molecule has 0 saturated carbocycles. The molecule has 1 aromatic rings. The Morgan fingerprint density at radius 2 is 2.31 bits per heavy atom. The lowest BCUT2D eigenvalue weighted by Crippen LogP contribution is -2.08. The van der Waals surface area contributed by atoms with Crippen LogP contribution in [-0.2, 0) is 0 Å². The van der Waals surface area contributed by atoms with Gasteiger partial charge in [0, 0.05) is 13.3 Å². The molecule has 0 unspecified atom stereocenters. The van der Waals surface area contributed by atoms with E-state index in [4.69, 9.17) is 0 Å². The second kappa shape index (κ2) is 4.60. The van der Waals surface area contributed by atoms with Crippen molar-refractivity contribution < 1.29 is 4.39 Å². The highest BCUT2D eigenvalue weighted by molar-refractivity contribution is 5.59. The first-order chi connectivity index (χ1) is 6.24. The van der Waals surface area contributed by atoms with E-state index >= 15 is 0 Å². The third-order valence-corrected chi connectivity index (χ3v) is 1.62. The van der Waals surface area contributed by atoms with Crippen molar-refractivity contribution in [3.63, 3.8) is 0 Å². The zero-order valence-corrected chi connectivity index (χ0v) is 7.87. The first kappa shape index (κ1) is 9.71. The Morgan fingerprint density at radius 3 is 2.92 bits per heavy atom. The van der Waals surface area contributed by atoms with Gasteiger partial charge in [0.25, 0.3) is 0 Å². The predicted molar refractivity (Wildman–Crippen MR) is 53.6 cm³/mol. The summed E-state index contributed by atoms with van der Waals surface area (Å²) in [6, 6.07) is 6.35. The van der Waals surface area contributed by atoms with Gasteiger partial charge in [-0.25, -0.2) is 4.39 Å². The molecule has 1 rings (SSSR count). The quantitative estimate of drug-likeness (QED) is 0.515. The van der Waals surface area contributed by atoms with Crippen LogP contribution >= 0.6 is 0 Å². The van der Waals surface area contributed by atoms with Crippen molar-refractivity contribution in [3.05, 3.63) is 30.1 Å². The Kier molecular flexibility index (Phi) is 3.43. The first-order valence-electron chi connectivity index (χ1n) is 4.25. The van der Waals surface area contributed by atoms with Crippen LogP contribution in [0.3, 0.4) is 0 Å². The lowest BCUT2D eigenvalue weighted by atomic mass is 10.3. The molecule has 0 atom stereocenters. The molecule has 0 saturated heterocycles. The maximum Gasteiger partial charge on any atom is 0.125 e. The smallest absolute Gasteiger partial charge is 0.125 e. The monoisotopic (exact) mass is 180 g/mol. The molecule has 0 heterocycles. The normalized spacial score (nSPS) is 10.7. The summed E-state index contributed by atoms with van der Waals surface area (Å²) in [6.07, 6.45) is 2.66. The second-order valence-electron chi connectivity index (χ2n) is 2.71. The van der Waals surface area contributed by atoms with E-state index in [2.05, 4.69) is 5.10 Å².